The van der Waals surface area contributed by atoms with Crippen molar-refractivity contribution in [2.45, 2.75) is 6.04 Å². The van der Waals surface area contributed by atoms with E-state index in [1.165, 1.54) is 0 Å². The number of rotatable bonds is 2. The van der Waals surface area contributed by atoms with Crippen LogP contribution in [0.5, 0.6) is 5.75 Å². The molecule has 0 fully saturated rings. The number of nitrogens with two attached hydrogens (primary N) is 2. The highest BCUT2D eigenvalue weighted by Crippen LogP contribution is 2.23. The number of benzene rings is 1. The molecule has 5 N–H and O–H groups in total. The summed E-state index contributed by atoms with van der Waals surface area (Å²) >= 11 is 2.13. The Bertz CT molecular complexity index is 278. The Balaban J connectivity index is 3.01. The molecule has 1 aromatic carbocycles. The molecule has 0 aromatic heterocycles. The van der Waals surface area contributed by atoms with Crippen molar-refractivity contribution in [2.75, 3.05) is 6.54 Å². The standard InChI is InChI=1S/C8H11IN2O/c9-5-1-2-6(7(11)4-10)8(12)3-5/h1-3,7,12H,4,10-11H2. The quantitative estimate of drug-likeness (QED) is 0.705. The number of phenols is 1. The summed E-state index contributed by atoms with van der Waals surface area (Å²) in [4.78, 5) is 0. The summed E-state index contributed by atoms with van der Waals surface area (Å²) in [5.41, 5.74) is 11.7. The lowest BCUT2D eigenvalue weighted by Crippen LogP contribution is -2.20. The van der Waals surface area contributed by atoms with Gasteiger partial charge in [-0.1, -0.05) is 6.07 Å². The Kier molecular flexibility index (Phi) is 3.30. The van der Waals surface area contributed by atoms with Gasteiger partial charge in [-0.2, -0.15) is 0 Å². The van der Waals surface area contributed by atoms with Crippen molar-refractivity contribution in [3.8, 4) is 5.75 Å². The number of aromatic hydroxyl groups is 1. The molecular weight excluding hydrogens is 267 g/mol. The average molecular weight is 278 g/mol. The van der Waals surface area contributed by atoms with E-state index in [1.807, 2.05) is 6.07 Å². The van der Waals surface area contributed by atoms with Crippen molar-refractivity contribution in [1.29, 1.82) is 0 Å². The van der Waals surface area contributed by atoms with Gasteiger partial charge in [0.25, 0.3) is 0 Å². The van der Waals surface area contributed by atoms with E-state index in [1.54, 1.807) is 12.1 Å². The number of hydrogen-bond donors (Lipinski definition) is 3. The van der Waals surface area contributed by atoms with Crippen LogP contribution in [0.25, 0.3) is 0 Å². The first-order valence-electron chi connectivity index (χ1n) is 3.59. The fourth-order valence-electron chi connectivity index (χ4n) is 0.957. The lowest BCUT2D eigenvalue weighted by atomic mass is 10.1. The van der Waals surface area contributed by atoms with Gasteiger partial charge in [-0.25, -0.2) is 0 Å². The van der Waals surface area contributed by atoms with Gasteiger partial charge in [-0.15, -0.1) is 0 Å². The van der Waals surface area contributed by atoms with Crippen LogP contribution in [0.4, 0.5) is 0 Å². The van der Waals surface area contributed by atoms with E-state index in [-0.39, 0.29) is 11.8 Å². The van der Waals surface area contributed by atoms with Crippen LogP contribution in [-0.4, -0.2) is 11.7 Å². The summed E-state index contributed by atoms with van der Waals surface area (Å²) in [6, 6.07) is 5.09. The maximum Gasteiger partial charge on any atom is 0.121 e. The molecule has 0 aliphatic rings. The predicted octanol–water partition coefficient (Wildman–Crippen LogP) is 0.955. The molecule has 12 heavy (non-hydrogen) atoms. The Morgan fingerprint density at radius 2 is 2.17 bits per heavy atom. The van der Waals surface area contributed by atoms with Crippen LogP contribution in [0.2, 0.25) is 0 Å². The molecule has 1 rings (SSSR count). The molecular formula is C8H11IN2O. The van der Waals surface area contributed by atoms with E-state index in [4.69, 9.17) is 11.5 Å². The van der Waals surface area contributed by atoms with Crippen molar-refractivity contribution in [3.05, 3.63) is 27.3 Å². The Hall–Kier alpha value is -0.330. The third-order valence-electron chi connectivity index (χ3n) is 1.65. The molecule has 0 heterocycles. The van der Waals surface area contributed by atoms with Crippen LogP contribution in [0.1, 0.15) is 11.6 Å². The minimum Gasteiger partial charge on any atom is -0.508 e. The molecule has 0 bridgehead atoms. The largest absolute Gasteiger partial charge is 0.508 e. The number of halogens is 1. The lowest BCUT2D eigenvalue weighted by molar-refractivity contribution is 0.461. The zero-order valence-electron chi connectivity index (χ0n) is 6.50. The van der Waals surface area contributed by atoms with Gasteiger partial charge in [-0.05, 0) is 34.7 Å². The van der Waals surface area contributed by atoms with Crippen LogP contribution in [0, 0.1) is 3.57 Å². The van der Waals surface area contributed by atoms with E-state index in [2.05, 4.69) is 22.6 Å². The van der Waals surface area contributed by atoms with Gasteiger partial charge >= 0.3 is 0 Å². The smallest absolute Gasteiger partial charge is 0.121 e. The average Bonchev–Trinajstić information content (AvgIpc) is 2.03. The van der Waals surface area contributed by atoms with Gasteiger partial charge < -0.3 is 16.6 Å². The predicted molar refractivity (Wildman–Crippen MR) is 56.8 cm³/mol. The highest BCUT2D eigenvalue weighted by Gasteiger charge is 2.08. The molecule has 0 aliphatic heterocycles. The second kappa shape index (κ2) is 4.06. The van der Waals surface area contributed by atoms with Gasteiger partial charge in [0.05, 0.1) is 0 Å². The molecule has 1 unspecified atom stereocenters. The van der Waals surface area contributed by atoms with Crippen LogP contribution in [0.3, 0.4) is 0 Å². The topological polar surface area (TPSA) is 72.3 Å². The summed E-state index contributed by atoms with van der Waals surface area (Å²) in [5.74, 6) is 0.222. The third-order valence-corrected chi connectivity index (χ3v) is 2.32. The highest BCUT2D eigenvalue weighted by atomic mass is 127. The summed E-state index contributed by atoms with van der Waals surface area (Å²) in [5, 5.41) is 9.45. The first kappa shape index (κ1) is 9.76. The zero-order valence-corrected chi connectivity index (χ0v) is 8.65. The Morgan fingerprint density at radius 3 is 2.67 bits per heavy atom. The van der Waals surface area contributed by atoms with Crippen molar-refractivity contribution in [2.24, 2.45) is 11.5 Å². The highest BCUT2D eigenvalue weighted by molar-refractivity contribution is 14.1. The fourth-order valence-corrected chi connectivity index (χ4v) is 1.43. The molecule has 3 nitrogen and oxygen atoms in total. The van der Waals surface area contributed by atoms with Crippen LogP contribution in [0.15, 0.2) is 18.2 Å². The molecule has 0 saturated carbocycles. The minimum absolute atomic E-state index is 0.222. The van der Waals surface area contributed by atoms with Crippen molar-refractivity contribution in [3.63, 3.8) is 0 Å². The Labute approximate surface area is 84.9 Å². The minimum atomic E-state index is -0.276. The monoisotopic (exact) mass is 278 g/mol. The summed E-state index contributed by atoms with van der Waals surface area (Å²) in [6.45, 7) is 0.341. The normalized spacial score (nSPS) is 12.9. The molecule has 0 saturated heterocycles. The maximum atomic E-state index is 9.45. The molecule has 0 radical (unpaired) electrons. The molecule has 0 amide bonds. The summed E-state index contributed by atoms with van der Waals surface area (Å²) < 4.78 is 0.984. The summed E-state index contributed by atoms with van der Waals surface area (Å²) in [7, 11) is 0. The third kappa shape index (κ3) is 2.09. The van der Waals surface area contributed by atoms with Crippen LogP contribution >= 0.6 is 22.6 Å². The fraction of sp³-hybridized carbons (Fsp3) is 0.250. The lowest BCUT2D eigenvalue weighted by Gasteiger charge is -2.10. The van der Waals surface area contributed by atoms with E-state index in [0.717, 1.165) is 3.57 Å². The number of phenolic OH excluding ortho intramolecular Hbond substituents is 1. The van der Waals surface area contributed by atoms with Crippen molar-refractivity contribution in [1.82, 2.24) is 0 Å². The first-order chi connectivity index (χ1) is 5.65. The zero-order chi connectivity index (χ0) is 9.14. The SMILES string of the molecule is NCC(N)c1ccc(I)cc1O. The van der Waals surface area contributed by atoms with E-state index in [9.17, 15) is 5.11 Å². The second-order valence-corrected chi connectivity index (χ2v) is 3.79. The maximum absolute atomic E-state index is 9.45. The van der Waals surface area contributed by atoms with Gasteiger partial charge in [0.1, 0.15) is 5.75 Å². The van der Waals surface area contributed by atoms with Crippen molar-refractivity contribution < 1.29 is 5.11 Å². The van der Waals surface area contributed by atoms with Gasteiger partial charge in [0, 0.05) is 21.7 Å². The molecule has 1 aromatic rings. The molecule has 1 atom stereocenters. The molecule has 4 heteroatoms. The molecule has 0 spiro atoms. The second-order valence-electron chi connectivity index (χ2n) is 2.55. The van der Waals surface area contributed by atoms with Gasteiger partial charge in [-0.3, -0.25) is 0 Å². The Morgan fingerprint density at radius 1 is 1.50 bits per heavy atom. The van der Waals surface area contributed by atoms with Crippen molar-refractivity contribution >= 4 is 22.6 Å². The van der Waals surface area contributed by atoms with Gasteiger partial charge in [0.2, 0.25) is 0 Å². The number of hydrogen-bond acceptors (Lipinski definition) is 3. The summed E-state index contributed by atoms with van der Waals surface area (Å²) in [6.07, 6.45) is 0. The van der Waals surface area contributed by atoms with E-state index >= 15 is 0 Å². The van der Waals surface area contributed by atoms with Gasteiger partial charge in [0.15, 0.2) is 0 Å². The molecule has 0 aliphatic carbocycles. The van der Waals surface area contributed by atoms with E-state index < -0.39 is 0 Å². The first-order valence-corrected chi connectivity index (χ1v) is 4.67. The van der Waals surface area contributed by atoms with Crippen LogP contribution < -0.4 is 11.5 Å². The molecule has 66 valence electrons. The van der Waals surface area contributed by atoms with E-state index in [0.29, 0.717) is 12.1 Å². The van der Waals surface area contributed by atoms with Crippen LogP contribution in [-0.2, 0) is 0 Å².